The van der Waals surface area contributed by atoms with Gasteiger partial charge in [0.1, 0.15) is 5.75 Å². The zero-order chi connectivity index (χ0) is 14.5. The Morgan fingerprint density at radius 1 is 1.20 bits per heavy atom. The molecule has 20 heavy (non-hydrogen) atoms. The second kappa shape index (κ2) is 5.97. The van der Waals surface area contributed by atoms with E-state index in [1.54, 1.807) is 37.4 Å². The maximum atomic E-state index is 12.0. The van der Waals surface area contributed by atoms with E-state index in [9.17, 15) is 4.79 Å². The van der Waals surface area contributed by atoms with Gasteiger partial charge < -0.3 is 21.5 Å². The fraction of sp³-hybridized carbons (Fsp3) is 0.133. The molecule has 0 aromatic heterocycles. The lowest BCUT2D eigenvalue weighted by atomic mass is 10.1. The van der Waals surface area contributed by atoms with Crippen LogP contribution in [0.15, 0.2) is 42.5 Å². The molecule has 0 unspecified atom stereocenters. The number of amides is 1. The highest BCUT2D eigenvalue weighted by molar-refractivity contribution is 5.94. The number of anilines is 3. The van der Waals surface area contributed by atoms with E-state index in [4.69, 9.17) is 16.2 Å². The molecule has 5 N–H and O–H groups in total. The first kappa shape index (κ1) is 13.7. The number of hydrogen-bond donors (Lipinski definition) is 3. The molecule has 104 valence electrons. The van der Waals surface area contributed by atoms with Gasteiger partial charge in [0.25, 0.3) is 0 Å². The summed E-state index contributed by atoms with van der Waals surface area (Å²) < 4.78 is 5.18. The monoisotopic (exact) mass is 271 g/mol. The molecule has 0 spiro atoms. The third kappa shape index (κ3) is 3.20. The molecule has 0 radical (unpaired) electrons. The number of nitrogen functional groups attached to an aromatic ring is 2. The summed E-state index contributed by atoms with van der Waals surface area (Å²) in [5.74, 6) is 0.456. The highest BCUT2D eigenvalue weighted by atomic mass is 16.5. The average Bonchev–Trinajstić information content (AvgIpc) is 2.42. The predicted octanol–water partition coefficient (Wildman–Crippen LogP) is 2.04. The largest absolute Gasteiger partial charge is 0.495 e. The minimum Gasteiger partial charge on any atom is -0.495 e. The van der Waals surface area contributed by atoms with Gasteiger partial charge in [0.15, 0.2) is 0 Å². The molecular formula is C15H17N3O2. The van der Waals surface area contributed by atoms with Crippen molar-refractivity contribution in [2.45, 2.75) is 6.42 Å². The van der Waals surface area contributed by atoms with E-state index in [1.165, 1.54) is 0 Å². The Bertz CT molecular complexity index is 626. The van der Waals surface area contributed by atoms with E-state index in [0.29, 0.717) is 22.8 Å². The lowest BCUT2D eigenvalue weighted by Gasteiger charge is -2.11. The van der Waals surface area contributed by atoms with Crippen LogP contribution in [0.25, 0.3) is 0 Å². The number of carbonyl (C=O) groups is 1. The Balaban J connectivity index is 2.09. The molecular weight excluding hydrogens is 254 g/mol. The highest BCUT2D eigenvalue weighted by Crippen LogP contribution is 2.23. The van der Waals surface area contributed by atoms with E-state index >= 15 is 0 Å². The topological polar surface area (TPSA) is 90.4 Å². The number of nitrogens with two attached hydrogens (primary N) is 2. The molecule has 0 heterocycles. The number of benzene rings is 2. The van der Waals surface area contributed by atoms with Gasteiger partial charge in [-0.25, -0.2) is 0 Å². The van der Waals surface area contributed by atoms with Crippen LogP contribution in [0.2, 0.25) is 0 Å². The van der Waals surface area contributed by atoms with Crippen molar-refractivity contribution in [1.29, 1.82) is 0 Å². The van der Waals surface area contributed by atoms with E-state index in [1.807, 2.05) is 12.1 Å². The van der Waals surface area contributed by atoms with Crippen LogP contribution in [0.4, 0.5) is 17.1 Å². The smallest absolute Gasteiger partial charge is 0.228 e. The summed E-state index contributed by atoms with van der Waals surface area (Å²) in [6, 6.07) is 12.4. The standard InChI is InChI=1S/C15H17N3O2/c1-20-14-5-3-2-4-13(14)18-15(19)8-10-6-7-11(16)9-12(10)17/h2-7,9H,8,16-17H2,1H3,(H,18,19). The maximum Gasteiger partial charge on any atom is 0.228 e. The van der Waals surface area contributed by atoms with Gasteiger partial charge in [-0.3, -0.25) is 4.79 Å². The molecule has 0 saturated heterocycles. The summed E-state index contributed by atoms with van der Waals surface area (Å²) in [6.07, 6.45) is 0.185. The highest BCUT2D eigenvalue weighted by Gasteiger charge is 2.09. The van der Waals surface area contributed by atoms with Crippen LogP contribution >= 0.6 is 0 Å². The normalized spacial score (nSPS) is 10.1. The Labute approximate surface area is 117 Å². The van der Waals surface area contributed by atoms with Crippen LogP contribution in [0, 0.1) is 0 Å². The van der Waals surface area contributed by atoms with E-state index in [2.05, 4.69) is 5.32 Å². The minimum atomic E-state index is -0.161. The maximum absolute atomic E-state index is 12.0. The summed E-state index contributed by atoms with van der Waals surface area (Å²) in [7, 11) is 1.56. The SMILES string of the molecule is COc1ccccc1NC(=O)Cc1ccc(N)cc1N. The zero-order valence-corrected chi connectivity index (χ0v) is 11.2. The second-order valence-electron chi connectivity index (χ2n) is 4.38. The third-order valence-electron chi connectivity index (χ3n) is 2.90. The third-order valence-corrected chi connectivity index (χ3v) is 2.90. The number of para-hydroxylation sites is 2. The molecule has 5 heteroatoms. The van der Waals surface area contributed by atoms with Crippen LogP contribution in [0.5, 0.6) is 5.75 Å². The number of ether oxygens (including phenoxy) is 1. The molecule has 2 rings (SSSR count). The molecule has 0 aliphatic rings. The van der Waals surface area contributed by atoms with Crippen molar-refractivity contribution < 1.29 is 9.53 Å². The first-order valence-corrected chi connectivity index (χ1v) is 6.17. The number of methoxy groups -OCH3 is 1. The molecule has 0 atom stereocenters. The van der Waals surface area contributed by atoms with E-state index in [0.717, 1.165) is 5.56 Å². The van der Waals surface area contributed by atoms with Gasteiger partial charge in [-0.15, -0.1) is 0 Å². The van der Waals surface area contributed by atoms with Crippen LogP contribution in [0.3, 0.4) is 0 Å². The van der Waals surface area contributed by atoms with Gasteiger partial charge in [0.2, 0.25) is 5.91 Å². The summed E-state index contributed by atoms with van der Waals surface area (Å²) in [5, 5.41) is 2.80. The van der Waals surface area contributed by atoms with Crippen LogP contribution in [-0.2, 0) is 11.2 Å². The Kier molecular flexibility index (Phi) is 4.10. The van der Waals surface area contributed by atoms with Gasteiger partial charge in [-0.2, -0.15) is 0 Å². The van der Waals surface area contributed by atoms with Gasteiger partial charge in [-0.05, 0) is 29.8 Å². The van der Waals surface area contributed by atoms with E-state index < -0.39 is 0 Å². The zero-order valence-electron chi connectivity index (χ0n) is 11.2. The summed E-state index contributed by atoms with van der Waals surface area (Å²) >= 11 is 0. The molecule has 2 aromatic carbocycles. The van der Waals surface area contributed by atoms with Crippen LogP contribution in [-0.4, -0.2) is 13.0 Å². The Morgan fingerprint density at radius 3 is 2.65 bits per heavy atom. The van der Waals surface area contributed by atoms with E-state index in [-0.39, 0.29) is 12.3 Å². The lowest BCUT2D eigenvalue weighted by Crippen LogP contribution is -2.16. The molecule has 0 bridgehead atoms. The van der Waals surface area contributed by atoms with Gasteiger partial charge in [0, 0.05) is 11.4 Å². The minimum absolute atomic E-state index is 0.161. The first-order chi connectivity index (χ1) is 9.60. The molecule has 0 fully saturated rings. The van der Waals surface area contributed by atoms with Crippen molar-refractivity contribution in [3.63, 3.8) is 0 Å². The predicted molar refractivity (Wildman–Crippen MR) is 80.6 cm³/mol. The van der Waals surface area contributed by atoms with Crippen molar-refractivity contribution in [1.82, 2.24) is 0 Å². The molecule has 5 nitrogen and oxygen atoms in total. The Hall–Kier alpha value is -2.69. The molecule has 0 saturated carbocycles. The molecule has 0 aliphatic carbocycles. The van der Waals surface area contributed by atoms with Crippen molar-refractivity contribution in [2.75, 3.05) is 23.9 Å². The van der Waals surface area contributed by atoms with Gasteiger partial charge in [-0.1, -0.05) is 18.2 Å². The second-order valence-corrected chi connectivity index (χ2v) is 4.38. The van der Waals surface area contributed by atoms with Crippen molar-refractivity contribution in [3.8, 4) is 5.75 Å². The van der Waals surface area contributed by atoms with Crippen LogP contribution in [0.1, 0.15) is 5.56 Å². The number of carbonyl (C=O) groups excluding carboxylic acids is 1. The summed E-state index contributed by atoms with van der Waals surface area (Å²) in [4.78, 5) is 12.0. The number of rotatable bonds is 4. The van der Waals surface area contributed by atoms with Crippen molar-refractivity contribution >= 4 is 23.0 Å². The summed E-state index contributed by atoms with van der Waals surface area (Å²) in [5.41, 5.74) is 13.9. The first-order valence-electron chi connectivity index (χ1n) is 6.17. The van der Waals surface area contributed by atoms with Gasteiger partial charge in [0.05, 0.1) is 19.2 Å². The molecule has 2 aromatic rings. The summed E-state index contributed by atoms with van der Waals surface area (Å²) in [6.45, 7) is 0. The van der Waals surface area contributed by atoms with Gasteiger partial charge >= 0.3 is 0 Å². The fourth-order valence-electron chi connectivity index (χ4n) is 1.89. The Morgan fingerprint density at radius 2 is 1.95 bits per heavy atom. The average molecular weight is 271 g/mol. The fourth-order valence-corrected chi connectivity index (χ4v) is 1.89. The number of hydrogen-bond acceptors (Lipinski definition) is 4. The van der Waals surface area contributed by atoms with Crippen molar-refractivity contribution in [2.24, 2.45) is 0 Å². The lowest BCUT2D eigenvalue weighted by molar-refractivity contribution is -0.115. The molecule has 0 aliphatic heterocycles. The quantitative estimate of drug-likeness (QED) is 0.742. The van der Waals surface area contributed by atoms with Crippen LogP contribution < -0.4 is 21.5 Å². The van der Waals surface area contributed by atoms with Crippen molar-refractivity contribution in [3.05, 3.63) is 48.0 Å². The number of nitrogens with one attached hydrogen (secondary N) is 1. The molecule has 1 amide bonds.